The molecule has 0 saturated heterocycles. The summed E-state index contributed by atoms with van der Waals surface area (Å²) in [7, 11) is 0. The normalized spacial score (nSPS) is 18.2. The van der Waals surface area contributed by atoms with Crippen molar-refractivity contribution >= 4 is 17.7 Å². The highest BCUT2D eigenvalue weighted by Gasteiger charge is 2.23. The van der Waals surface area contributed by atoms with Gasteiger partial charge in [0.05, 0.1) is 13.2 Å². The van der Waals surface area contributed by atoms with Gasteiger partial charge in [-0.25, -0.2) is 14.0 Å². The second kappa shape index (κ2) is 11.1. The van der Waals surface area contributed by atoms with Crippen LogP contribution in [0.2, 0.25) is 0 Å². The van der Waals surface area contributed by atoms with E-state index in [4.69, 9.17) is 14.6 Å². The summed E-state index contributed by atoms with van der Waals surface area (Å²) >= 11 is 0. The van der Waals surface area contributed by atoms with Gasteiger partial charge in [-0.2, -0.15) is 0 Å². The molecule has 7 heteroatoms. The van der Waals surface area contributed by atoms with Gasteiger partial charge < -0.3 is 14.6 Å². The number of ether oxygens (including phenoxy) is 2. The number of hydrogen-bond acceptors (Lipinski definition) is 4. The van der Waals surface area contributed by atoms with Crippen LogP contribution in [-0.2, 0) is 14.3 Å². The molecule has 1 fully saturated rings. The van der Waals surface area contributed by atoms with Gasteiger partial charge >= 0.3 is 12.1 Å². The summed E-state index contributed by atoms with van der Waals surface area (Å²) in [5.41, 5.74) is 3.76. The van der Waals surface area contributed by atoms with Crippen molar-refractivity contribution in [2.45, 2.75) is 39.5 Å². The van der Waals surface area contributed by atoms with Crippen molar-refractivity contribution in [1.29, 1.82) is 0 Å². The molecule has 2 N–H and O–H groups in total. The van der Waals surface area contributed by atoms with Crippen LogP contribution in [0.5, 0.6) is 0 Å². The first-order valence-corrected chi connectivity index (χ1v) is 10.9. The number of nitrogens with one attached hydrogen (secondary N) is 1. The van der Waals surface area contributed by atoms with Gasteiger partial charge in [0.15, 0.2) is 0 Å². The molecule has 1 amide bonds. The number of carboxylic acid groups (broad SMARTS) is 1. The Morgan fingerprint density at radius 3 is 2.22 bits per heavy atom. The third kappa shape index (κ3) is 7.05. The van der Waals surface area contributed by atoms with Crippen molar-refractivity contribution in [1.82, 2.24) is 0 Å². The van der Waals surface area contributed by atoms with Crippen molar-refractivity contribution in [3.63, 3.8) is 0 Å². The summed E-state index contributed by atoms with van der Waals surface area (Å²) in [4.78, 5) is 22.6. The third-order valence-electron chi connectivity index (χ3n) is 5.74. The van der Waals surface area contributed by atoms with Crippen molar-refractivity contribution < 1.29 is 28.6 Å². The minimum Gasteiger partial charge on any atom is -0.480 e. The fraction of sp³-hybridized carbons (Fsp3) is 0.440. The van der Waals surface area contributed by atoms with E-state index in [1.807, 2.05) is 32.0 Å². The molecule has 0 radical (unpaired) electrons. The maximum atomic E-state index is 14.7. The fourth-order valence-corrected chi connectivity index (χ4v) is 4.18. The minimum atomic E-state index is -0.960. The molecule has 0 aromatic heterocycles. The Kier molecular flexibility index (Phi) is 8.22. The summed E-state index contributed by atoms with van der Waals surface area (Å²) in [6.07, 6.45) is 3.03. The molecule has 0 spiro atoms. The average molecular weight is 444 g/mol. The third-order valence-corrected chi connectivity index (χ3v) is 5.74. The number of carbonyl (C=O) groups excluding carboxylic acids is 1. The smallest absolute Gasteiger partial charge is 0.411 e. The lowest BCUT2D eigenvalue weighted by molar-refractivity contribution is -0.142. The van der Waals surface area contributed by atoms with Crippen LogP contribution in [-0.4, -0.2) is 37.0 Å². The highest BCUT2D eigenvalue weighted by molar-refractivity contribution is 5.85. The molecule has 32 heavy (non-hydrogen) atoms. The van der Waals surface area contributed by atoms with E-state index in [-0.39, 0.29) is 12.5 Å². The number of amides is 1. The van der Waals surface area contributed by atoms with Gasteiger partial charge in [0.25, 0.3) is 0 Å². The molecule has 2 aromatic carbocycles. The number of carboxylic acids is 1. The summed E-state index contributed by atoms with van der Waals surface area (Å²) in [5.74, 6) is -0.757. The van der Waals surface area contributed by atoms with Crippen LogP contribution in [0, 0.1) is 31.5 Å². The number of hydrogen-bond donors (Lipinski definition) is 2. The highest BCUT2D eigenvalue weighted by atomic mass is 19.1. The Balaban J connectivity index is 1.44. The quantitative estimate of drug-likeness (QED) is 0.557. The number of halogens is 1. The van der Waals surface area contributed by atoms with Crippen molar-refractivity contribution in [3.05, 3.63) is 53.3 Å². The van der Waals surface area contributed by atoms with E-state index in [1.54, 1.807) is 12.1 Å². The maximum Gasteiger partial charge on any atom is 0.411 e. The highest BCUT2D eigenvalue weighted by Crippen LogP contribution is 2.30. The molecular weight excluding hydrogens is 413 g/mol. The van der Waals surface area contributed by atoms with Crippen LogP contribution in [0.4, 0.5) is 14.9 Å². The van der Waals surface area contributed by atoms with Crippen LogP contribution in [0.1, 0.15) is 36.8 Å². The first kappa shape index (κ1) is 23.7. The van der Waals surface area contributed by atoms with E-state index in [9.17, 15) is 14.0 Å². The standard InChI is InChI=1S/C25H30FNO5/c1-16-9-17(2)11-20(10-16)22-8-7-21(12-23(22)26)27-25(30)32-14-19-5-3-18(4-6-19)13-31-15-24(28)29/h7-12,18-19H,3-6,13-15H2,1-2H3,(H,27,30)(H,28,29). The van der Waals surface area contributed by atoms with Crippen LogP contribution >= 0.6 is 0 Å². The molecule has 0 atom stereocenters. The minimum absolute atomic E-state index is 0.264. The molecule has 172 valence electrons. The number of benzene rings is 2. The Morgan fingerprint density at radius 2 is 1.62 bits per heavy atom. The fourth-order valence-electron chi connectivity index (χ4n) is 4.18. The topological polar surface area (TPSA) is 84.9 Å². The molecule has 3 rings (SSSR count). The van der Waals surface area contributed by atoms with Gasteiger partial charge in [-0.15, -0.1) is 0 Å². The molecule has 0 aliphatic heterocycles. The zero-order valence-electron chi connectivity index (χ0n) is 18.5. The van der Waals surface area contributed by atoms with E-state index in [0.717, 1.165) is 42.4 Å². The molecule has 1 aliphatic carbocycles. The van der Waals surface area contributed by atoms with Crippen molar-refractivity contribution in [2.24, 2.45) is 11.8 Å². The predicted octanol–water partition coefficient (Wildman–Crippen LogP) is 5.57. The van der Waals surface area contributed by atoms with Gasteiger partial charge in [-0.05, 0) is 75.1 Å². The van der Waals surface area contributed by atoms with Crippen LogP contribution in [0.25, 0.3) is 11.1 Å². The zero-order chi connectivity index (χ0) is 23.1. The predicted molar refractivity (Wildman–Crippen MR) is 120 cm³/mol. The first-order valence-electron chi connectivity index (χ1n) is 10.9. The van der Waals surface area contributed by atoms with Crippen LogP contribution in [0.15, 0.2) is 36.4 Å². The summed E-state index contributed by atoms with van der Waals surface area (Å²) in [6, 6.07) is 10.5. The number of anilines is 1. The van der Waals surface area contributed by atoms with Gasteiger partial charge in [-0.1, -0.05) is 29.3 Å². The Labute approximate surface area is 187 Å². The SMILES string of the molecule is Cc1cc(C)cc(-c2ccc(NC(=O)OCC3CCC(COCC(=O)O)CC3)cc2F)c1. The Bertz CT molecular complexity index is 933. The average Bonchev–Trinajstić information content (AvgIpc) is 2.72. The van der Waals surface area contributed by atoms with E-state index in [1.165, 1.54) is 6.07 Å². The van der Waals surface area contributed by atoms with E-state index in [2.05, 4.69) is 5.32 Å². The van der Waals surface area contributed by atoms with Crippen molar-refractivity contribution in [2.75, 3.05) is 25.1 Å². The Morgan fingerprint density at radius 1 is 1.00 bits per heavy atom. The van der Waals surface area contributed by atoms with Gasteiger partial charge in [-0.3, -0.25) is 5.32 Å². The second-order valence-corrected chi connectivity index (χ2v) is 8.59. The maximum absolute atomic E-state index is 14.7. The van der Waals surface area contributed by atoms with Gasteiger partial charge in [0, 0.05) is 11.3 Å². The monoisotopic (exact) mass is 443 g/mol. The first-order chi connectivity index (χ1) is 15.3. The van der Waals surface area contributed by atoms with E-state index in [0.29, 0.717) is 30.4 Å². The second-order valence-electron chi connectivity index (χ2n) is 8.59. The van der Waals surface area contributed by atoms with Gasteiger partial charge in [0.2, 0.25) is 0 Å². The van der Waals surface area contributed by atoms with Crippen LogP contribution < -0.4 is 5.32 Å². The molecule has 1 saturated carbocycles. The molecule has 0 heterocycles. The molecule has 2 aromatic rings. The number of carbonyl (C=O) groups is 2. The van der Waals surface area contributed by atoms with Gasteiger partial charge in [0.1, 0.15) is 12.4 Å². The lowest BCUT2D eigenvalue weighted by atomic mass is 9.83. The lowest BCUT2D eigenvalue weighted by Crippen LogP contribution is -2.25. The van der Waals surface area contributed by atoms with E-state index < -0.39 is 17.9 Å². The number of aryl methyl sites for hydroxylation is 2. The largest absolute Gasteiger partial charge is 0.480 e. The van der Waals surface area contributed by atoms with Crippen LogP contribution in [0.3, 0.4) is 0 Å². The number of aliphatic carboxylic acids is 1. The number of rotatable bonds is 8. The molecule has 6 nitrogen and oxygen atoms in total. The lowest BCUT2D eigenvalue weighted by Gasteiger charge is -2.27. The molecule has 0 bridgehead atoms. The van der Waals surface area contributed by atoms with E-state index >= 15 is 0 Å². The summed E-state index contributed by atoms with van der Waals surface area (Å²) < 4.78 is 25.2. The molecule has 0 unspecified atom stereocenters. The molecule has 1 aliphatic rings. The zero-order valence-corrected chi connectivity index (χ0v) is 18.5. The molecular formula is C25H30FNO5. The summed E-state index contributed by atoms with van der Waals surface area (Å²) in [6.45, 7) is 4.43. The summed E-state index contributed by atoms with van der Waals surface area (Å²) in [5, 5.41) is 11.2. The Hall–Kier alpha value is -2.93. The van der Waals surface area contributed by atoms with Crippen molar-refractivity contribution in [3.8, 4) is 11.1 Å².